The number of hydrogen-bond acceptors (Lipinski definition) is 6. The van der Waals surface area contributed by atoms with E-state index in [1.165, 1.54) is 0 Å². The third-order valence-electron chi connectivity index (χ3n) is 2.04. The summed E-state index contributed by atoms with van der Waals surface area (Å²) in [5.41, 5.74) is -0.452. The number of carbonyl (C=O) groups is 1. The van der Waals surface area contributed by atoms with E-state index in [1.807, 2.05) is 20.8 Å². The van der Waals surface area contributed by atoms with Crippen molar-refractivity contribution in [3.05, 3.63) is 11.7 Å². The molecule has 1 heterocycles. The average molecular weight is 227 g/mol. The fraction of sp³-hybridized carbons (Fsp3) is 0.700. The third-order valence-corrected chi connectivity index (χ3v) is 2.04. The van der Waals surface area contributed by atoms with E-state index in [-0.39, 0.29) is 5.82 Å². The Hall–Kier alpha value is -1.43. The maximum Gasteiger partial charge on any atom is 0.379 e. The van der Waals surface area contributed by atoms with Gasteiger partial charge in [0.15, 0.2) is 0 Å². The number of rotatable bonds is 5. The maximum atomic E-state index is 11.3. The fourth-order valence-electron chi connectivity index (χ4n) is 1.27. The molecule has 0 bridgehead atoms. The van der Waals surface area contributed by atoms with Crippen LogP contribution in [0.4, 0.5) is 0 Å². The molecule has 0 aromatic carbocycles. The molecule has 1 aromatic rings. The van der Waals surface area contributed by atoms with Gasteiger partial charge in [0.05, 0.1) is 12.1 Å². The second-order valence-corrected chi connectivity index (χ2v) is 3.80. The number of carbonyl (C=O) groups excluding carboxylic acids is 1. The Kier molecular flexibility index (Phi) is 4.00. The van der Waals surface area contributed by atoms with Gasteiger partial charge in [0.1, 0.15) is 0 Å². The Labute approximate surface area is 94.4 Å². The lowest BCUT2D eigenvalue weighted by Gasteiger charge is -2.20. The van der Waals surface area contributed by atoms with Crippen molar-refractivity contribution < 1.29 is 14.1 Å². The van der Waals surface area contributed by atoms with E-state index in [0.29, 0.717) is 12.5 Å². The number of nitrogens with one attached hydrogen (secondary N) is 1. The van der Waals surface area contributed by atoms with Gasteiger partial charge in [-0.1, -0.05) is 6.92 Å². The fourth-order valence-corrected chi connectivity index (χ4v) is 1.27. The highest BCUT2D eigenvalue weighted by molar-refractivity contribution is 5.84. The number of esters is 1. The molecule has 0 aliphatic rings. The molecule has 16 heavy (non-hydrogen) atoms. The molecule has 1 rings (SSSR count). The standard InChI is InChI=1S/C10H17N3O3/c1-5-11-10(3,4)9-12-7(13-16-9)8(14)15-6-2/h11H,5-6H2,1-4H3. The van der Waals surface area contributed by atoms with Crippen LogP contribution in [0.5, 0.6) is 0 Å². The molecular formula is C10H17N3O3. The van der Waals surface area contributed by atoms with Gasteiger partial charge in [0.2, 0.25) is 5.89 Å². The predicted molar refractivity (Wildman–Crippen MR) is 57.0 cm³/mol. The van der Waals surface area contributed by atoms with E-state index in [9.17, 15) is 4.79 Å². The summed E-state index contributed by atoms with van der Waals surface area (Å²) in [6.45, 7) is 8.56. The van der Waals surface area contributed by atoms with Crippen LogP contribution in [0.2, 0.25) is 0 Å². The summed E-state index contributed by atoms with van der Waals surface area (Å²) < 4.78 is 9.79. The van der Waals surface area contributed by atoms with Crippen LogP contribution in [-0.2, 0) is 10.3 Å². The van der Waals surface area contributed by atoms with Gasteiger partial charge in [0.25, 0.3) is 5.82 Å². The van der Waals surface area contributed by atoms with E-state index in [0.717, 1.165) is 6.54 Å². The molecule has 0 saturated heterocycles. The Morgan fingerprint density at radius 1 is 1.50 bits per heavy atom. The minimum Gasteiger partial charge on any atom is -0.460 e. The number of ether oxygens (including phenoxy) is 1. The van der Waals surface area contributed by atoms with Gasteiger partial charge in [-0.3, -0.25) is 0 Å². The van der Waals surface area contributed by atoms with Crippen molar-refractivity contribution >= 4 is 5.97 Å². The van der Waals surface area contributed by atoms with Crippen LogP contribution in [-0.4, -0.2) is 29.3 Å². The second kappa shape index (κ2) is 5.07. The Bertz CT molecular complexity index is 360. The number of aromatic nitrogens is 2. The van der Waals surface area contributed by atoms with Crippen molar-refractivity contribution in [1.29, 1.82) is 0 Å². The number of nitrogens with zero attached hydrogens (tertiary/aromatic N) is 2. The molecule has 0 aliphatic heterocycles. The van der Waals surface area contributed by atoms with Gasteiger partial charge in [-0.05, 0) is 32.5 Å². The summed E-state index contributed by atoms with van der Waals surface area (Å²) in [5, 5.41) is 6.76. The first kappa shape index (κ1) is 12.6. The van der Waals surface area contributed by atoms with Gasteiger partial charge in [-0.25, -0.2) is 4.79 Å². The van der Waals surface area contributed by atoms with Crippen LogP contribution in [0, 0.1) is 0 Å². The molecule has 0 fully saturated rings. The van der Waals surface area contributed by atoms with Crippen LogP contribution in [0.3, 0.4) is 0 Å². The summed E-state index contributed by atoms with van der Waals surface area (Å²) in [4.78, 5) is 15.3. The number of hydrogen-bond donors (Lipinski definition) is 1. The highest BCUT2D eigenvalue weighted by Crippen LogP contribution is 2.17. The van der Waals surface area contributed by atoms with Gasteiger partial charge in [0, 0.05) is 0 Å². The zero-order valence-corrected chi connectivity index (χ0v) is 10.0. The van der Waals surface area contributed by atoms with E-state index >= 15 is 0 Å². The van der Waals surface area contributed by atoms with Crippen LogP contribution in [0.25, 0.3) is 0 Å². The van der Waals surface area contributed by atoms with E-state index in [4.69, 9.17) is 9.26 Å². The van der Waals surface area contributed by atoms with Crippen molar-refractivity contribution in [2.24, 2.45) is 0 Å². The quantitative estimate of drug-likeness (QED) is 0.759. The highest BCUT2D eigenvalue weighted by atomic mass is 16.5. The molecule has 0 aliphatic carbocycles. The SMILES string of the molecule is CCNC(C)(C)c1nc(C(=O)OCC)no1. The molecular weight excluding hydrogens is 210 g/mol. The lowest BCUT2D eigenvalue weighted by Crippen LogP contribution is -2.36. The summed E-state index contributed by atoms with van der Waals surface area (Å²) in [6, 6.07) is 0. The van der Waals surface area contributed by atoms with Crippen molar-refractivity contribution in [1.82, 2.24) is 15.5 Å². The molecule has 0 unspecified atom stereocenters. The summed E-state index contributed by atoms with van der Waals surface area (Å²) in [5.74, 6) is -0.231. The van der Waals surface area contributed by atoms with E-state index in [2.05, 4.69) is 15.5 Å². The second-order valence-electron chi connectivity index (χ2n) is 3.80. The zero-order chi connectivity index (χ0) is 12.2. The average Bonchev–Trinajstić information content (AvgIpc) is 2.67. The Morgan fingerprint density at radius 2 is 2.19 bits per heavy atom. The van der Waals surface area contributed by atoms with E-state index in [1.54, 1.807) is 6.92 Å². The normalized spacial score (nSPS) is 11.5. The third kappa shape index (κ3) is 2.79. The maximum absolute atomic E-state index is 11.3. The minimum absolute atomic E-state index is 0.0390. The summed E-state index contributed by atoms with van der Waals surface area (Å²) in [6.07, 6.45) is 0. The van der Waals surface area contributed by atoms with Gasteiger partial charge < -0.3 is 14.6 Å². The highest BCUT2D eigenvalue weighted by Gasteiger charge is 2.28. The van der Waals surface area contributed by atoms with Gasteiger partial charge in [-0.2, -0.15) is 4.98 Å². The van der Waals surface area contributed by atoms with Crippen LogP contribution in [0.1, 0.15) is 44.2 Å². The minimum atomic E-state index is -0.565. The molecule has 6 nitrogen and oxygen atoms in total. The predicted octanol–water partition coefficient (Wildman–Crippen LogP) is 1.09. The van der Waals surface area contributed by atoms with Gasteiger partial charge >= 0.3 is 5.97 Å². The first-order valence-electron chi connectivity index (χ1n) is 5.27. The molecule has 0 atom stereocenters. The van der Waals surface area contributed by atoms with Gasteiger partial charge in [-0.15, -0.1) is 0 Å². The molecule has 0 spiro atoms. The zero-order valence-electron chi connectivity index (χ0n) is 10.0. The molecule has 0 saturated carbocycles. The lowest BCUT2D eigenvalue weighted by atomic mass is 10.1. The molecule has 1 N–H and O–H groups in total. The van der Waals surface area contributed by atoms with Crippen LogP contribution >= 0.6 is 0 Å². The molecule has 0 radical (unpaired) electrons. The monoisotopic (exact) mass is 227 g/mol. The van der Waals surface area contributed by atoms with Crippen LogP contribution in [0.15, 0.2) is 4.52 Å². The van der Waals surface area contributed by atoms with Crippen molar-refractivity contribution in [2.75, 3.05) is 13.2 Å². The topological polar surface area (TPSA) is 77.2 Å². The molecule has 6 heteroatoms. The Balaban J connectivity index is 2.82. The summed E-state index contributed by atoms with van der Waals surface area (Å²) >= 11 is 0. The molecule has 1 aromatic heterocycles. The lowest BCUT2D eigenvalue weighted by molar-refractivity contribution is 0.0508. The van der Waals surface area contributed by atoms with Crippen molar-refractivity contribution in [3.8, 4) is 0 Å². The Morgan fingerprint density at radius 3 is 2.75 bits per heavy atom. The largest absolute Gasteiger partial charge is 0.460 e. The molecule has 90 valence electrons. The first-order valence-corrected chi connectivity index (χ1v) is 5.27. The van der Waals surface area contributed by atoms with Crippen LogP contribution < -0.4 is 5.32 Å². The van der Waals surface area contributed by atoms with Crippen molar-refractivity contribution in [3.63, 3.8) is 0 Å². The first-order chi connectivity index (χ1) is 7.51. The smallest absolute Gasteiger partial charge is 0.379 e. The molecule has 0 amide bonds. The van der Waals surface area contributed by atoms with E-state index < -0.39 is 11.5 Å². The summed E-state index contributed by atoms with van der Waals surface area (Å²) in [7, 11) is 0. The van der Waals surface area contributed by atoms with Crippen molar-refractivity contribution in [2.45, 2.75) is 33.2 Å².